The van der Waals surface area contributed by atoms with Gasteiger partial charge in [-0.15, -0.1) is 0 Å². The van der Waals surface area contributed by atoms with Crippen molar-refractivity contribution in [1.82, 2.24) is 5.43 Å². The molecule has 0 fully saturated rings. The van der Waals surface area contributed by atoms with Crippen LogP contribution < -0.4 is 10.3 Å². The van der Waals surface area contributed by atoms with Crippen LogP contribution in [0.25, 0.3) is 0 Å². The van der Waals surface area contributed by atoms with Crippen molar-refractivity contribution < 1.29 is 9.21 Å². The van der Waals surface area contributed by atoms with E-state index in [1.54, 1.807) is 12.1 Å². The average Bonchev–Trinajstić information content (AvgIpc) is 2.80. The Morgan fingerprint density at radius 1 is 1.56 bits per heavy atom. The van der Waals surface area contributed by atoms with E-state index in [0.29, 0.717) is 5.76 Å². The number of nitriles is 1. The number of nitrogens with zero attached hydrogens (tertiary/aromatic N) is 3. The van der Waals surface area contributed by atoms with E-state index in [2.05, 4.69) is 15.4 Å². The van der Waals surface area contributed by atoms with Crippen LogP contribution in [0.1, 0.15) is 26.0 Å². The Labute approximate surface area is 106 Å². The molecular weight excluding hydrogens is 232 g/mol. The van der Waals surface area contributed by atoms with E-state index in [1.807, 2.05) is 19.9 Å². The Morgan fingerprint density at radius 3 is 2.89 bits per heavy atom. The zero-order chi connectivity index (χ0) is 13.4. The van der Waals surface area contributed by atoms with Crippen molar-refractivity contribution in [3.05, 3.63) is 17.9 Å². The Kier molecular flexibility index (Phi) is 5.45. The van der Waals surface area contributed by atoms with Gasteiger partial charge in [0, 0.05) is 19.2 Å². The molecule has 0 unspecified atom stereocenters. The maximum absolute atomic E-state index is 11.0. The second kappa shape index (κ2) is 7.12. The molecule has 0 atom stereocenters. The third kappa shape index (κ3) is 3.94. The highest BCUT2D eigenvalue weighted by Gasteiger charge is 2.06. The first-order valence-electron chi connectivity index (χ1n) is 5.74. The number of hydrogen-bond acceptors (Lipinski definition) is 5. The van der Waals surface area contributed by atoms with Gasteiger partial charge in [-0.2, -0.15) is 10.4 Å². The summed E-state index contributed by atoms with van der Waals surface area (Å²) in [6.45, 7) is 5.81. The summed E-state index contributed by atoms with van der Waals surface area (Å²) in [6.07, 6.45) is 1.20. The van der Waals surface area contributed by atoms with E-state index < -0.39 is 5.91 Å². The lowest BCUT2D eigenvalue weighted by molar-refractivity contribution is -0.120. The predicted molar refractivity (Wildman–Crippen MR) is 68.2 cm³/mol. The molecule has 0 saturated carbocycles. The van der Waals surface area contributed by atoms with Gasteiger partial charge in [-0.3, -0.25) is 4.79 Å². The number of hydrogen-bond donors (Lipinski definition) is 1. The summed E-state index contributed by atoms with van der Waals surface area (Å²) in [4.78, 5) is 13.0. The first kappa shape index (κ1) is 13.8. The Bertz CT molecular complexity index is 455. The molecule has 6 heteroatoms. The van der Waals surface area contributed by atoms with Gasteiger partial charge in [0.05, 0.1) is 12.3 Å². The lowest BCUT2D eigenvalue weighted by Crippen LogP contribution is -2.20. The van der Waals surface area contributed by atoms with Crippen molar-refractivity contribution in [3.63, 3.8) is 0 Å². The molecule has 18 heavy (non-hydrogen) atoms. The number of amides is 1. The molecule has 0 aliphatic carbocycles. The molecule has 1 amide bonds. The number of carbonyl (C=O) groups excluding carboxylic acids is 1. The van der Waals surface area contributed by atoms with Gasteiger partial charge in [-0.05, 0) is 19.9 Å². The molecule has 96 valence electrons. The molecule has 1 heterocycles. The van der Waals surface area contributed by atoms with Gasteiger partial charge in [0.15, 0.2) is 5.88 Å². The van der Waals surface area contributed by atoms with Crippen LogP contribution in [0, 0.1) is 11.3 Å². The highest BCUT2D eigenvalue weighted by Crippen LogP contribution is 2.16. The number of rotatable bonds is 6. The number of hydrazone groups is 1. The first-order chi connectivity index (χ1) is 8.71. The van der Waals surface area contributed by atoms with Crippen LogP contribution >= 0.6 is 0 Å². The van der Waals surface area contributed by atoms with Crippen LogP contribution in [-0.2, 0) is 4.79 Å². The zero-order valence-corrected chi connectivity index (χ0v) is 10.5. The molecule has 1 N–H and O–H groups in total. The quantitative estimate of drug-likeness (QED) is 0.610. The van der Waals surface area contributed by atoms with Crippen molar-refractivity contribution in [2.24, 2.45) is 5.10 Å². The summed E-state index contributed by atoms with van der Waals surface area (Å²) < 4.78 is 5.53. The number of anilines is 1. The summed E-state index contributed by atoms with van der Waals surface area (Å²) in [5.74, 6) is 0.878. The summed E-state index contributed by atoms with van der Waals surface area (Å²) in [5, 5.41) is 12.0. The van der Waals surface area contributed by atoms with Crippen LogP contribution in [0.3, 0.4) is 0 Å². The minimum absolute atomic E-state index is 0.208. The molecule has 0 radical (unpaired) electrons. The first-order valence-corrected chi connectivity index (χ1v) is 5.74. The third-order valence-corrected chi connectivity index (χ3v) is 2.31. The second-order valence-corrected chi connectivity index (χ2v) is 3.48. The molecular formula is C12H16N4O2. The Balaban J connectivity index is 2.56. The van der Waals surface area contributed by atoms with Crippen molar-refractivity contribution in [2.45, 2.75) is 20.3 Å². The highest BCUT2D eigenvalue weighted by molar-refractivity contribution is 5.81. The fraction of sp³-hybridized carbons (Fsp3) is 0.417. The van der Waals surface area contributed by atoms with Gasteiger partial charge < -0.3 is 9.32 Å². The number of furan rings is 1. The molecule has 0 aliphatic rings. The van der Waals surface area contributed by atoms with Gasteiger partial charge in [-0.25, -0.2) is 5.43 Å². The summed E-state index contributed by atoms with van der Waals surface area (Å²) in [5.41, 5.74) is 2.23. The summed E-state index contributed by atoms with van der Waals surface area (Å²) >= 11 is 0. The molecule has 0 spiro atoms. The highest BCUT2D eigenvalue weighted by atomic mass is 16.4. The van der Waals surface area contributed by atoms with Gasteiger partial charge in [0.1, 0.15) is 12.2 Å². The Morgan fingerprint density at radius 2 is 2.28 bits per heavy atom. The van der Waals surface area contributed by atoms with Crippen LogP contribution in [0.4, 0.5) is 5.88 Å². The van der Waals surface area contributed by atoms with Crippen LogP contribution in [0.15, 0.2) is 21.7 Å². The van der Waals surface area contributed by atoms with Crippen molar-refractivity contribution in [3.8, 4) is 6.07 Å². The van der Waals surface area contributed by atoms with E-state index >= 15 is 0 Å². The lowest BCUT2D eigenvalue weighted by atomic mass is 10.4. The van der Waals surface area contributed by atoms with Crippen LogP contribution in [-0.4, -0.2) is 25.2 Å². The maximum Gasteiger partial charge on any atom is 0.254 e. The van der Waals surface area contributed by atoms with E-state index in [9.17, 15) is 4.79 Å². The normalized spacial score (nSPS) is 10.3. The fourth-order valence-corrected chi connectivity index (χ4v) is 1.40. The smallest absolute Gasteiger partial charge is 0.254 e. The standard InChI is InChI=1S/C12H16N4O2/c1-3-16(4-2)12-6-5-10(18-12)9-14-15-11(17)7-8-13/h5-6,9H,3-4,7H2,1-2H3,(H,15,17)/b14-9-. The van der Waals surface area contributed by atoms with E-state index in [0.717, 1.165) is 19.0 Å². The molecule has 1 rings (SSSR count). The van der Waals surface area contributed by atoms with E-state index in [1.165, 1.54) is 6.21 Å². The predicted octanol–water partition coefficient (Wildman–Crippen LogP) is 1.49. The monoisotopic (exact) mass is 248 g/mol. The molecule has 0 bridgehead atoms. The van der Waals surface area contributed by atoms with Gasteiger partial charge in [0.25, 0.3) is 5.91 Å². The van der Waals surface area contributed by atoms with Gasteiger partial charge in [-0.1, -0.05) is 0 Å². The molecule has 1 aromatic heterocycles. The fourth-order valence-electron chi connectivity index (χ4n) is 1.40. The summed E-state index contributed by atoms with van der Waals surface area (Å²) in [6, 6.07) is 5.36. The molecule has 0 saturated heterocycles. The number of carbonyl (C=O) groups is 1. The topological polar surface area (TPSA) is 81.6 Å². The van der Waals surface area contributed by atoms with Crippen molar-refractivity contribution in [1.29, 1.82) is 5.26 Å². The van der Waals surface area contributed by atoms with Crippen molar-refractivity contribution >= 4 is 18.0 Å². The minimum atomic E-state index is -0.440. The Hall–Kier alpha value is -2.29. The van der Waals surface area contributed by atoms with Crippen molar-refractivity contribution in [2.75, 3.05) is 18.0 Å². The molecule has 1 aromatic rings. The third-order valence-electron chi connectivity index (χ3n) is 2.31. The van der Waals surface area contributed by atoms with Gasteiger partial charge in [0.2, 0.25) is 0 Å². The zero-order valence-electron chi connectivity index (χ0n) is 10.5. The lowest BCUT2D eigenvalue weighted by Gasteiger charge is -2.16. The van der Waals surface area contributed by atoms with Crippen LogP contribution in [0.2, 0.25) is 0 Å². The maximum atomic E-state index is 11.0. The van der Waals surface area contributed by atoms with Gasteiger partial charge >= 0.3 is 0 Å². The minimum Gasteiger partial charge on any atom is -0.440 e. The average molecular weight is 248 g/mol. The molecule has 6 nitrogen and oxygen atoms in total. The molecule has 0 aliphatic heterocycles. The number of nitrogens with one attached hydrogen (secondary N) is 1. The largest absolute Gasteiger partial charge is 0.440 e. The van der Waals surface area contributed by atoms with Crippen LogP contribution in [0.5, 0.6) is 0 Å². The summed E-state index contributed by atoms with van der Waals surface area (Å²) in [7, 11) is 0. The molecule has 0 aromatic carbocycles. The van der Waals surface area contributed by atoms with E-state index in [-0.39, 0.29) is 6.42 Å². The van der Waals surface area contributed by atoms with E-state index in [4.69, 9.17) is 9.68 Å². The SMILES string of the molecule is CCN(CC)c1ccc(/C=N\NC(=O)CC#N)o1. The second-order valence-electron chi connectivity index (χ2n) is 3.48.